The Morgan fingerprint density at radius 3 is 2.56 bits per heavy atom. The highest BCUT2D eigenvalue weighted by molar-refractivity contribution is 6.34. The number of carbonyl (C=O) groups excluding carboxylic acids is 2. The molecule has 1 N–H and O–H groups in total. The van der Waals surface area contributed by atoms with Crippen LogP contribution in [0.4, 0.5) is 24.9 Å². The van der Waals surface area contributed by atoms with Crippen molar-refractivity contribution >= 4 is 35.1 Å². The minimum absolute atomic E-state index is 0.0564. The van der Waals surface area contributed by atoms with E-state index in [1.54, 1.807) is 18.2 Å². The molecule has 2 heterocycles. The molecule has 2 aromatic carbocycles. The Morgan fingerprint density at radius 1 is 1.16 bits per heavy atom. The molecule has 0 radical (unpaired) electrons. The van der Waals surface area contributed by atoms with Gasteiger partial charge in [0.25, 0.3) is 5.91 Å². The lowest BCUT2D eigenvalue weighted by Crippen LogP contribution is -2.24. The maximum absolute atomic E-state index is 12.4. The first-order valence-electron chi connectivity index (χ1n) is 9.25. The second-order valence-corrected chi connectivity index (χ2v) is 7.23. The van der Waals surface area contributed by atoms with Crippen LogP contribution in [0.5, 0.6) is 5.75 Å². The van der Waals surface area contributed by atoms with Crippen LogP contribution in [0.15, 0.2) is 52.9 Å². The van der Waals surface area contributed by atoms with E-state index < -0.39 is 18.2 Å². The second kappa shape index (κ2) is 8.50. The van der Waals surface area contributed by atoms with Crippen LogP contribution in [0.1, 0.15) is 28.6 Å². The first-order chi connectivity index (χ1) is 15.2. The Hall–Kier alpha value is -3.60. The molecular formula is C20H14ClF3N4O4. The summed E-state index contributed by atoms with van der Waals surface area (Å²) in [4.78, 5) is 26.1. The van der Waals surface area contributed by atoms with Crippen LogP contribution in [0.25, 0.3) is 0 Å². The minimum Gasteiger partial charge on any atom is -0.407 e. The Kier molecular flexibility index (Phi) is 5.74. The van der Waals surface area contributed by atoms with E-state index >= 15 is 0 Å². The molecule has 8 nitrogen and oxygen atoms in total. The van der Waals surface area contributed by atoms with Gasteiger partial charge in [0, 0.05) is 18.7 Å². The van der Waals surface area contributed by atoms with E-state index in [1.165, 1.54) is 23.1 Å². The lowest BCUT2D eigenvalue weighted by molar-refractivity contribution is -0.274. The number of alkyl halides is 3. The van der Waals surface area contributed by atoms with Gasteiger partial charge in [-0.1, -0.05) is 28.8 Å². The molecule has 1 fully saturated rings. The van der Waals surface area contributed by atoms with E-state index in [9.17, 15) is 22.8 Å². The molecule has 0 unspecified atom stereocenters. The highest BCUT2D eigenvalue weighted by Crippen LogP contribution is 2.33. The summed E-state index contributed by atoms with van der Waals surface area (Å²) in [5, 5.41) is 10.4. The number of carbonyl (C=O) groups is 2. The van der Waals surface area contributed by atoms with E-state index in [-0.39, 0.29) is 47.1 Å². The van der Waals surface area contributed by atoms with Gasteiger partial charge in [-0.3, -0.25) is 14.9 Å². The molecule has 1 aliphatic rings. The van der Waals surface area contributed by atoms with Crippen molar-refractivity contribution < 1.29 is 31.9 Å². The number of benzene rings is 2. The van der Waals surface area contributed by atoms with Crippen LogP contribution >= 0.6 is 11.6 Å². The van der Waals surface area contributed by atoms with Crippen LogP contribution < -0.4 is 15.0 Å². The van der Waals surface area contributed by atoms with Crippen LogP contribution in [0, 0.1) is 0 Å². The molecule has 1 atom stereocenters. The highest BCUT2D eigenvalue weighted by Gasteiger charge is 2.35. The maximum Gasteiger partial charge on any atom is 0.573 e. The van der Waals surface area contributed by atoms with Gasteiger partial charge in [-0.05, 0) is 36.4 Å². The van der Waals surface area contributed by atoms with Crippen molar-refractivity contribution in [3.05, 3.63) is 65.0 Å². The molecule has 166 valence electrons. The summed E-state index contributed by atoms with van der Waals surface area (Å²) < 4.78 is 46.2. The number of nitrogens with zero attached hydrogens (tertiary/aromatic N) is 3. The topological polar surface area (TPSA) is 97.6 Å². The van der Waals surface area contributed by atoms with Gasteiger partial charge in [-0.25, -0.2) is 0 Å². The monoisotopic (exact) mass is 466 g/mol. The zero-order chi connectivity index (χ0) is 22.9. The van der Waals surface area contributed by atoms with Crippen LogP contribution in [0.3, 0.4) is 0 Å². The maximum atomic E-state index is 12.4. The summed E-state index contributed by atoms with van der Waals surface area (Å²) in [6, 6.07) is 11.2. The molecule has 1 aromatic heterocycles. The first-order valence-corrected chi connectivity index (χ1v) is 9.63. The zero-order valence-electron chi connectivity index (χ0n) is 16.1. The number of hydrogen-bond acceptors (Lipinski definition) is 6. The summed E-state index contributed by atoms with van der Waals surface area (Å²) in [5.41, 5.74) is 0.632. The van der Waals surface area contributed by atoms with Crippen molar-refractivity contribution in [3.63, 3.8) is 0 Å². The number of ether oxygens (including phenoxy) is 1. The molecule has 0 aliphatic carbocycles. The van der Waals surface area contributed by atoms with E-state index in [1.807, 2.05) is 0 Å². The number of nitrogens with one attached hydrogen (secondary N) is 1. The fraction of sp³-hybridized carbons (Fsp3) is 0.200. The molecule has 12 heteroatoms. The van der Waals surface area contributed by atoms with Crippen molar-refractivity contribution in [1.82, 2.24) is 10.2 Å². The molecule has 0 saturated carbocycles. The number of anilines is 2. The van der Waals surface area contributed by atoms with Gasteiger partial charge in [0.15, 0.2) is 0 Å². The van der Waals surface area contributed by atoms with Crippen LogP contribution in [-0.2, 0) is 4.79 Å². The summed E-state index contributed by atoms with van der Waals surface area (Å²) in [7, 11) is 0. The third-order valence-corrected chi connectivity index (χ3v) is 4.97. The van der Waals surface area contributed by atoms with Gasteiger partial charge < -0.3 is 14.1 Å². The van der Waals surface area contributed by atoms with Gasteiger partial charge in [-0.2, -0.15) is 0 Å². The summed E-state index contributed by atoms with van der Waals surface area (Å²) in [6.45, 7) is 0.179. The Bertz CT molecular complexity index is 1150. The Labute approximate surface area is 183 Å². The summed E-state index contributed by atoms with van der Waals surface area (Å²) in [6.07, 6.45) is -4.74. The fourth-order valence-electron chi connectivity index (χ4n) is 3.21. The van der Waals surface area contributed by atoms with Crippen molar-refractivity contribution in [2.24, 2.45) is 0 Å². The van der Waals surface area contributed by atoms with Crippen molar-refractivity contribution in [1.29, 1.82) is 0 Å². The summed E-state index contributed by atoms with van der Waals surface area (Å²) >= 11 is 5.99. The lowest BCUT2D eigenvalue weighted by atomic mass is 10.1. The Balaban J connectivity index is 1.42. The number of aromatic nitrogens is 2. The number of hydrogen-bond donors (Lipinski definition) is 1. The third kappa shape index (κ3) is 4.83. The van der Waals surface area contributed by atoms with E-state index in [2.05, 4.69) is 20.3 Å². The molecular weight excluding hydrogens is 453 g/mol. The molecule has 2 amide bonds. The second-order valence-electron chi connectivity index (χ2n) is 6.83. The molecule has 32 heavy (non-hydrogen) atoms. The number of halogens is 4. The molecule has 1 aliphatic heterocycles. The van der Waals surface area contributed by atoms with Crippen molar-refractivity contribution in [2.45, 2.75) is 18.7 Å². The van der Waals surface area contributed by atoms with Crippen molar-refractivity contribution in [3.8, 4) is 5.75 Å². The first kappa shape index (κ1) is 21.6. The van der Waals surface area contributed by atoms with Gasteiger partial charge in [0.1, 0.15) is 5.75 Å². The Morgan fingerprint density at radius 2 is 1.88 bits per heavy atom. The van der Waals surface area contributed by atoms with Gasteiger partial charge >= 0.3 is 12.4 Å². The minimum atomic E-state index is -4.80. The standard InChI is InChI=1S/C20H14ClF3N4O4/c21-15-4-2-1-3-14(15)17(30)25-19-27-26-18(31-19)11-9-16(29)28(10-11)12-5-7-13(8-6-12)32-20(22,23)24/h1-8,11H,9-10H2,(H,25,27,30)/t11-/m1/s1. The smallest absolute Gasteiger partial charge is 0.407 e. The predicted molar refractivity (Wildman–Crippen MR) is 107 cm³/mol. The normalized spacial score (nSPS) is 16.3. The van der Waals surface area contributed by atoms with Crippen LogP contribution in [-0.4, -0.2) is 34.9 Å². The third-order valence-electron chi connectivity index (χ3n) is 4.64. The van der Waals surface area contributed by atoms with E-state index in [0.717, 1.165) is 12.1 Å². The van der Waals surface area contributed by atoms with Gasteiger partial charge in [-0.15, -0.1) is 18.3 Å². The summed E-state index contributed by atoms with van der Waals surface area (Å²) in [5.74, 6) is -1.49. The average Bonchev–Trinajstić information content (AvgIpc) is 3.34. The molecule has 0 bridgehead atoms. The molecule has 3 aromatic rings. The zero-order valence-corrected chi connectivity index (χ0v) is 16.9. The fourth-order valence-corrected chi connectivity index (χ4v) is 3.43. The molecule has 1 saturated heterocycles. The SMILES string of the molecule is O=C(Nc1nnc([C@@H]2CC(=O)N(c3ccc(OC(F)(F)F)cc3)C2)o1)c1ccccc1Cl. The highest BCUT2D eigenvalue weighted by atomic mass is 35.5. The number of rotatable bonds is 5. The van der Waals surface area contributed by atoms with E-state index in [4.69, 9.17) is 16.0 Å². The number of amides is 2. The molecule has 0 spiro atoms. The van der Waals surface area contributed by atoms with Gasteiger partial charge in [0.2, 0.25) is 11.8 Å². The lowest BCUT2D eigenvalue weighted by Gasteiger charge is -2.17. The largest absolute Gasteiger partial charge is 0.573 e. The average molecular weight is 467 g/mol. The quantitative estimate of drug-likeness (QED) is 0.598. The van der Waals surface area contributed by atoms with Crippen LogP contribution in [0.2, 0.25) is 5.02 Å². The van der Waals surface area contributed by atoms with E-state index in [0.29, 0.717) is 5.69 Å². The van der Waals surface area contributed by atoms with Crippen molar-refractivity contribution in [2.75, 3.05) is 16.8 Å². The molecule has 4 rings (SSSR count). The van der Waals surface area contributed by atoms with Gasteiger partial charge in [0.05, 0.1) is 16.5 Å². The predicted octanol–water partition coefficient (Wildman–Crippen LogP) is 4.39.